The lowest BCUT2D eigenvalue weighted by Gasteiger charge is -2.08. The van der Waals surface area contributed by atoms with E-state index in [0.29, 0.717) is 12.1 Å². The molecule has 0 unspecified atom stereocenters. The summed E-state index contributed by atoms with van der Waals surface area (Å²) in [5, 5.41) is 7.62. The number of hydrogen-bond donors (Lipinski definition) is 1. The molecule has 1 heterocycles. The lowest BCUT2D eigenvalue weighted by atomic mass is 10.6. The van der Waals surface area contributed by atoms with Crippen LogP contribution < -0.4 is 5.32 Å². The van der Waals surface area contributed by atoms with Crippen LogP contribution in [-0.4, -0.2) is 27.8 Å². The number of hydrogen-bond acceptors (Lipinski definition) is 2. The Kier molecular flexibility index (Phi) is 1.79. The lowest BCUT2D eigenvalue weighted by Crippen LogP contribution is -2.32. The van der Waals surface area contributed by atoms with Gasteiger partial charge in [0.1, 0.15) is 0 Å². The summed E-state index contributed by atoms with van der Waals surface area (Å²) in [5.74, 6) is 0.931. The third kappa shape index (κ3) is 1.78. The Balaban J connectivity index is 1.79. The monoisotopic (exact) mass is 190 g/mol. The topological polar surface area (TPSA) is 42.2 Å². The lowest BCUT2D eigenvalue weighted by molar-refractivity contribution is 0.793. The van der Waals surface area contributed by atoms with E-state index in [2.05, 4.69) is 15.4 Å². The first-order chi connectivity index (χ1) is 6.92. The largest absolute Gasteiger partial charge is 0.352 e. The second-order valence-corrected chi connectivity index (χ2v) is 4.05. The van der Waals surface area contributed by atoms with Crippen LogP contribution in [0.4, 0.5) is 0 Å². The van der Waals surface area contributed by atoms with Crippen molar-refractivity contribution in [2.24, 2.45) is 4.99 Å². The first-order valence-corrected chi connectivity index (χ1v) is 5.26. The van der Waals surface area contributed by atoms with Crippen molar-refractivity contribution in [2.45, 2.75) is 37.8 Å². The smallest absolute Gasteiger partial charge is 0.219 e. The molecule has 0 aromatic carbocycles. The molecule has 0 amide bonds. The van der Waals surface area contributed by atoms with E-state index < -0.39 is 0 Å². The van der Waals surface area contributed by atoms with E-state index in [1.807, 2.05) is 16.9 Å². The van der Waals surface area contributed by atoms with Crippen LogP contribution in [0.1, 0.15) is 25.7 Å². The highest BCUT2D eigenvalue weighted by Crippen LogP contribution is 2.24. The normalized spacial score (nSPS) is 22.4. The van der Waals surface area contributed by atoms with Gasteiger partial charge < -0.3 is 5.32 Å². The second kappa shape index (κ2) is 3.12. The molecule has 0 bridgehead atoms. The number of nitrogens with one attached hydrogen (secondary N) is 1. The summed E-state index contributed by atoms with van der Waals surface area (Å²) in [6, 6.07) is 3.11. The van der Waals surface area contributed by atoms with Crippen molar-refractivity contribution < 1.29 is 0 Å². The third-order valence-electron chi connectivity index (χ3n) is 2.48. The number of aromatic nitrogens is 2. The average Bonchev–Trinajstić information content (AvgIpc) is 3.10. The Morgan fingerprint density at radius 3 is 2.79 bits per heavy atom. The molecular weight excluding hydrogens is 176 g/mol. The fraction of sp³-hybridized carbons (Fsp3) is 0.600. The molecule has 14 heavy (non-hydrogen) atoms. The number of rotatable bonds is 2. The van der Waals surface area contributed by atoms with Gasteiger partial charge in [-0.3, -0.25) is 0 Å². The van der Waals surface area contributed by atoms with Crippen molar-refractivity contribution in [1.29, 1.82) is 0 Å². The van der Waals surface area contributed by atoms with Gasteiger partial charge in [-0.15, -0.1) is 0 Å². The Hall–Kier alpha value is -1.32. The maximum atomic E-state index is 4.62. The highest BCUT2D eigenvalue weighted by atomic mass is 15.4. The predicted molar refractivity (Wildman–Crippen MR) is 54.2 cm³/mol. The van der Waals surface area contributed by atoms with Crippen LogP contribution in [0.25, 0.3) is 0 Å². The van der Waals surface area contributed by atoms with Crippen LogP contribution in [0.3, 0.4) is 0 Å². The van der Waals surface area contributed by atoms with Crippen molar-refractivity contribution in [1.82, 2.24) is 15.1 Å². The Labute approximate surface area is 83.0 Å². The van der Waals surface area contributed by atoms with E-state index in [-0.39, 0.29) is 0 Å². The molecule has 74 valence electrons. The van der Waals surface area contributed by atoms with Gasteiger partial charge in [-0.2, -0.15) is 5.10 Å². The van der Waals surface area contributed by atoms with Gasteiger partial charge in [0, 0.05) is 18.4 Å². The van der Waals surface area contributed by atoms with Crippen LogP contribution >= 0.6 is 0 Å². The molecule has 0 atom stereocenters. The minimum atomic E-state index is 0.542. The fourth-order valence-corrected chi connectivity index (χ4v) is 1.34. The van der Waals surface area contributed by atoms with E-state index in [4.69, 9.17) is 0 Å². The first-order valence-electron chi connectivity index (χ1n) is 5.26. The van der Waals surface area contributed by atoms with Crippen LogP contribution in [-0.2, 0) is 0 Å². The van der Waals surface area contributed by atoms with Crippen LogP contribution in [0.5, 0.6) is 0 Å². The van der Waals surface area contributed by atoms with Gasteiger partial charge in [-0.1, -0.05) is 0 Å². The zero-order chi connectivity index (χ0) is 9.38. The van der Waals surface area contributed by atoms with Gasteiger partial charge >= 0.3 is 0 Å². The highest BCUT2D eigenvalue weighted by Gasteiger charge is 2.26. The van der Waals surface area contributed by atoms with Crippen molar-refractivity contribution in [2.75, 3.05) is 0 Å². The molecule has 3 rings (SSSR count). The SMILES string of the molecule is c1cnn(C(=NC2CC2)NC2CC2)c1. The second-order valence-electron chi connectivity index (χ2n) is 4.05. The summed E-state index contributed by atoms with van der Waals surface area (Å²) in [4.78, 5) is 4.62. The third-order valence-corrected chi connectivity index (χ3v) is 2.48. The average molecular weight is 190 g/mol. The van der Waals surface area contributed by atoms with E-state index in [0.717, 1.165) is 5.96 Å². The summed E-state index contributed by atoms with van der Waals surface area (Å²) in [6.07, 6.45) is 8.73. The molecule has 0 aliphatic heterocycles. The number of nitrogens with zero attached hydrogens (tertiary/aromatic N) is 3. The Bertz CT molecular complexity index is 333. The molecule has 0 saturated heterocycles. The highest BCUT2D eigenvalue weighted by molar-refractivity contribution is 5.82. The van der Waals surface area contributed by atoms with Gasteiger partial charge in [-0.05, 0) is 31.7 Å². The van der Waals surface area contributed by atoms with Crippen molar-refractivity contribution in [3.63, 3.8) is 0 Å². The van der Waals surface area contributed by atoms with Gasteiger partial charge in [0.15, 0.2) is 0 Å². The summed E-state index contributed by atoms with van der Waals surface area (Å²) in [6.45, 7) is 0. The van der Waals surface area contributed by atoms with Gasteiger partial charge in [0.25, 0.3) is 0 Å². The van der Waals surface area contributed by atoms with Gasteiger partial charge in [-0.25, -0.2) is 9.67 Å². The quantitative estimate of drug-likeness (QED) is 0.558. The first kappa shape index (κ1) is 8.03. The van der Waals surface area contributed by atoms with E-state index in [9.17, 15) is 0 Å². The number of aliphatic imine (C=N–C) groups is 1. The molecule has 0 radical (unpaired) electrons. The summed E-state index contributed by atoms with van der Waals surface area (Å²) in [7, 11) is 0. The van der Waals surface area contributed by atoms with Crippen LogP contribution in [0.2, 0.25) is 0 Å². The van der Waals surface area contributed by atoms with Crippen molar-refractivity contribution in [3.8, 4) is 0 Å². The standard InChI is InChI=1S/C10H14N4/c1-6-11-14(7-1)10(12-8-2-3-8)13-9-4-5-9/h1,6-9H,2-5H2,(H,12,13). The van der Waals surface area contributed by atoms with Gasteiger partial charge in [0.05, 0.1) is 6.04 Å². The molecule has 2 aliphatic carbocycles. The van der Waals surface area contributed by atoms with Crippen molar-refractivity contribution >= 4 is 5.96 Å². The minimum Gasteiger partial charge on any atom is -0.352 e. The molecule has 4 heteroatoms. The minimum absolute atomic E-state index is 0.542. The molecule has 4 nitrogen and oxygen atoms in total. The zero-order valence-corrected chi connectivity index (χ0v) is 8.06. The molecule has 1 aromatic heterocycles. The molecular formula is C10H14N4. The Morgan fingerprint density at radius 2 is 2.21 bits per heavy atom. The van der Waals surface area contributed by atoms with E-state index >= 15 is 0 Å². The molecule has 1 N–H and O–H groups in total. The zero-order valence-electron chi connectivity index (χ0n) is 8.06. The van der Waals surface area contributed by atoms with Crippen LogP contribution in [0.15, 0.2) is 23.5 Å². The van der Waals surface area contributed by atoms with Crippen LogP contribution in [0, 0.1) is 0 Å². The van der Waals surface area contributed by atoms with Gasteiger partial charge in [0.2, 0.25) is 5.96 Å². The summed E-state index contributed by atoms with van der Waals surface area (Å²) >= 11 is 0. The van der Waals surface area contributed by atoms with E-state index in [1.54, 1.807) is 6.20 Å². The van der Waals surface area contributed by atoms with E-state index in [1.165, 1.54) is 25.7 Å². The predicted octanol–water partition coefficient (Wildman–Crippen LogP) is 1.00. The van der Waals surface area contributed by atoms with Crippen molar-refractivity contribution in [3.05, 3.63) is 18.5 Å². The fourth-order valence-electron chi connectivity index (χ4n) is 1.34. The molecule has 2 aliphatic rings. The Morgan fingerprint density at radius 1 is 1.36 bits per heavy atom. The molecule has 2 fully saturated rings. The molecule has 1 aromatic rings. The molecule has 2 saturated carbocycles. The maximum absolute atomic E-state index is 4.62. The summed E-state index contributed by atoms with van der Waals surface area (Å²) in [5.41, 5.74) is 0. The maximum Gasteiger partial charge on any atom is 0.219 e. The summed E-state index contributed by atoms with van der Waals surface area (Å²) < 4.78 is 1.83. The molecule has 0 spiro atoms.